The van der Waals surface area contributed by atoms with Crippen molar-refractivity contribution in [3.05, 3.63) is 94.1 Å². The molecule has 0 saturated carbocycles. The second kappa shape index (κ2) is 9.67. The molecule has 2 N–H and O–H groups in total. The summed E-state index contributed by atoms with van der Waals surface area (Å²) >= 11 is 6.25. The molecule has 1 aliphatic heterocycles. The lowest BCUT2D eigenvalue weighted by Gasteiger charge is -2.26. The van der Waals surface area contributed by atoms with E-state index < -0.39 is 17.7 Å². The van der Waals surface area contributed by atoms with Gasteiger partial charge in [0, 0.05) is 33.4 Å². The lowest BCUT2D eigenvalue weighted by molar-refractivity contribution is -0.132. The predicted octanol–water partition coefficient (Wildman–Crippen LogP) is 6.16. The number of nitrogens with one attached hydrogen (secondary N) is 1. The molecular formula is C29H25ClN2O5. The van der Waals surface area contributed by atoms with Crippen LogP contribution < -0.4 is 14.4 Å². The van der Waals surface area contributed by atoms with Gasteiger partial charge in [-0.3, -0.25) is 14.5 Å². The molecule has 0 bridgehead atoms. The first-order chi connectivity index (χ1) is 17.8. The van der Waals surface area contributed by atoms with Crippen molar-refractivity contribution in [3.8, 4) is 11.5 Å². The number of anilines is 1. The summed E-state index contributed by atoms with van der Waals surface area (Å²) in [7, 11) is 1.55. The smallest absolute Gasteiger partial charge is 0.300 e. The largest absolute Gasteiger partial charge is 0.507 e. The highest BCUT2D eigenvalue weighted by Gasteiger charge is 2.48. The summed E-state index contributed by atoms with van der Waals surface area (Å²) < 4.78 is 10.8. The fraction of sp³-hybridized carbons (Fsp3) is 0.172. The number of aryl methyl sites for hydroxylation is 1. The number of amides is 1. The number of Topliss-reactive ketones (excluding diaryl/α,β-unsaturated/α-hetero) is 1. The fourth-order valence-corrected chi connectivity index (χ4v) is 5.01. The van der Waals surface area contributed by atoms with Crippen molar-refractivity contribution in [2.75, 3.05) is 18.6 Å². The second-order valence-electron chi connectivity index (χ2n) is 8.65. The van der Waals surface area contributed by atoms with E-state index in [4.69, 9.17) is 21.1 Å². The summed E-state index contributed by atoms with van der Waals surface area (Å²) in [5, 5.41) is 12.7. The molecule has 1 atom stereocenters. The van der Waals surface area contributed by atoms with Crippen LogP contribution in [-0.4, -0.2) is 35.5 Å². The van der Waals surface area contributed by atoms with E-state index in [-0.39, 0.29) is 11.3 Å². The third-order valence-corrected chi connectivity index (χ3v) is 6.83. The number of H-pyrrole nitrogens is 1. The van der Waals surface area contributed by atoms with Crippen molar-refractivity contribution in [3.63, 3.8) is 0 Å². The Balaban J connectivity index is 1.77. The Bertz CT molecular complexity index is 1550. The number of fused-ring (bicyclic) bond motifs is 1. The van der Waals surface area contributed by atoms with Crippen LogP contribution in [0.15, 0.2) is 72.3 Å². The zero-order valence-electron chi connectivity index (χ0n) is 20.5. The molecule has 37 heavy (non-hydrogen) atoms. The van der Waals surface area contributed by atoms with Gasteiger partial charge in [-0.25, -0.2) is 0 Å². The van der Waals surface area contributed by atoms with Crippen molar-refractivity contribution in [1.82, 2.24) is 4.98 Å². The Kier molecular flexibility index (Phi) is 6.39. The Morgan fingerprint density at radius 1 is 1.08 bits per heavy atom. The molecule has 0 radical (unpaired) electrons. The Morgan fingerprint density at radius 3 is 2.51 bits per heavy atom. The normalized spacial score (nSPS) is 17.0. The van der Waals surface area contributed by atoms with E-state index in [1.54, 1.807) is 49.6 Å². The molecule has 1 amide bonds. The molecule has 2 heterocycles. The molecule has 1 aromatic heterocycles. The van der Waals surface area contributed by atoms with Crippen molar-refractivity contribution in [2.24, 2.45) is 0 Å². The first-order valence-electron chi connectivity index (χ1n) is 11.8. The number of ketones is 1. The summed E-state index contributed by atoms with van der Waals surface area (Å²) in [5.41, 5.74) is 3.18. The number of carbonyl (C=O) groups is 2. The standard InChI is InChI=1S/C29H25ClN2O5/c1-4-37-23-15-17(9-14-21(23)30)27(33)25-26(24-16(2)31-22-8-6-5-7-20(22)24)32(29(35)28(25)34)18-10-12-19(36-3)13-11-18/h5-15,26,31,33H,4H2,1-3H3/b27-25+. The first-order valence-corrected chi connectivity index (χ1v) is 12.2. The molecule has 188 valence electrons. The predicted molar refractivity (Wildman–Crippen MR) is 143 cm³/mol. The van der Waals surface area contributed by atoms with Crippen LogP contribution in [0.25, 0.3) is 16.7 Å². The van der Waals surface area contributed by atoms with E-state index in [0.717, 1.165) is 22.2 Å². The van der Waals surface area contributed by atoms with Crippen molar-refractivity contribution < 1.29 is 24.2 Å². The number of nitrogens with zero attached hydrogens (tertiary/aromatic N) is 1. The van der Waals surface area contributed by atoms with Gasteiger partial charge < -0.3 is 19.6 Å². The minimum Gasteiger partial charge on any atom is -0.507 e. The molecule has 1 saturated heterocycles. The molecule has 0 spiro atoms. The zero-order valence-corrected chi connectivity index (χ0v) is 21.3. The lowest BCUT2D eigenvalue weighted by atomic mass is 9.93. The van der Waals surface area contributed by atoms with Crippen LogP contribution in [0.1, 0.15) is 29.8 Å². The van der Waals surface area contributed by atoms with Crippen molar-refractivity contribution in [1.29, 1.82) is 0 Å². The number of hydrogen-bond donors (Lipinski definition) is 2. The highest BCUT2D eigenvalue weighted by atomic mass is 35.5. The number of hydrogen-bond acceptors (Lipinski definition) is 5. The van der Waals surface area contributed by atoms with Gasteiger partial charge >= 0.3 is 0 Å². The number of para-hydroxylation sites is 1. The minimum absolute atomic E-state index is 0.0153. The van der Waals surface area contributed by atoms with Gasteiger partial charge in [-0.15, -0.1) is 0 Å². The topological polar surface area (TPSA) is 91.9 Å². The summed E-state index contributed by atoms with van der Waals surface area (Å²) in [6.07, 6.45) is 0. The number of carbonyl (C=O) groups excluding carboxylic acids is 2. The van der Waals surface area contributed by atoms with Crippen molar-refractivity contribution >= 4 is 45.6 Å². The molecule has 1 unspecified atom stereocenters. The number of rotatable bonds is 6. The summed E-state index contributed by atoms with van der Waals surface area (Å²) in [4.78, 5) is 31.9. The molecular weight excluding hydrogens is 492 g/mol. The molecule has 5 rings (SSSR count). The molecule has 7 nitrogen and oxygen atoms in total. The van der Waals surface area contributed by atoms with Crippen LogP contribution in [0.3, 0.4) is 0 Å². The number of halogens is 1. The number of methoxy groups -OCH3 is 1. The van der Waals surface area contributed by atoms with E-state index in [9.17, 15) is 14.7 Å². The summed E-state index contributed by atoms with van der Waals surface area (Å²) in [6.45, 7) is 4.09. The van der Waals surface area contributed by atoms with Crippen molar-refractivity contribution in [2.45, 2.75) is 19.9 Å². The molecule has 1 fully saturated rings. The van der Waals surface area contributed by atoms with Gasteiger partial charge in [-0.1, -0.05) is 29.8 Å². The van der Waals surface area contributed by atoms with Crippen LogP contribution in [-0.2, 0) is 9.59 Å². The fourth-order valence-electron chi connectivity index (χ4n) is 4.84. The Labute approximate surface area is 218 Å². The zero-order chi connectivity index (χ0) is 26.3. The molecule has 4 aromatic rings. The van der Waals surface area contributed by atoms with E-state index in [0.29, 0.717) is 34.4 Å². The van der Waals surface area contributed by atoms with Gasteiger partial charge in [0.05, 0.1) is 30.4 Å². The van der Waals surface area contributed by atoms with Gasteiger partial charge in [-0.2, -0.15) is 0 Å². The van der Waals surface area contributed by atoms with Gasteiger partial charge in [-0.05, 0) is 62.4 Å². The maximum absolute atomic E-state index is 13.6. The van der Waals surface area contributed by atoms with Crippen LogP contribution in [0.5, 0.6) is 11.5 Å². The monoisotopic (exact) mass is 516 g/mol. The van der Waals surface area contributed by atoms with Gasteiger partial charge in [0.1, 0.15) is 17.3 Å². The summed E-state index contributed by atoms with van der Waals surface area (Å²) in [6, 6.07) is 18.4. The van der Waals surface area contributed by atoms with Crippen LogP contribution in [0.2, 0.25) is 5.02 Å². The van der Waals surface area contributed by atoms with E-state index in [1.165, 1.54) is 4.90 Å². The highest BCUT2D eigenvalue weighted by Crippen LogP contribution is 2.46. The average Bonchev–Trinajstić information content (AvgIpc) is 3.37. The molecule has 0 aliphatic carbocycles. The van der Waals surface area contributed by atoms with Crippen LogP contribution in [0, 0.1) is 6.92 Å². The third-order valence-electron chi connectivity index (χ3n) is 6.52. The maximum atomic E-state index is 13.6. The maximum Gasteiger partial charge on any atom is 0.300 e. The molecule has 3 aromatic carbocycles. The van der Waals surface area contributed by atoms with Gasteiger partial charge in [0.25, 0.3) is 11.7 Å². The number of aromatic nitrogens is 1. The number of aromatic amines is 1. The van der Waals surface area contributed by atoms with E-state index >= 15 is 0 Å². The first kappa shape index (κ1) is 24.5. The quantitative estimate of drug-likeness (QED) is 0.182. The number of aliphatic hydroxyl groups is 1. The number of benzene rings is 3. The number of aliphatic hydroxyl groups excluding tert-OH is 1. The Morgan fingerprint density at radius 2 is 1.81 bits per heavy atom. The lowest BCUT2D eigenvalue weighted by Crippen LogP contribution is -2.29. The Hall–Kier alpha value is -4.23. The van der Waals surface area contributed by atoms with Crippen LogP contribution in [0.4, 0.5) is 5.69 Å². The van der Waals surface area contributed by atoms with Gasteiger partial charge in [0.2, 0.25) is 0 Å². The SMILES string of the molecule is CCOc1cc(/C(O)=C2\C(=O)C(=O)N(c3ccc(OC)cc3)C2c2c(C)[nH]c3ccccc23)ccc1Cl. The number of ether oxygens (including phenoxy) is 2. The highest BCUT2D eigenvalue weighted by molar-refractivity contribution is 6.52. The van der Waals surface area contributed by atoms with Gasteiger partial charge in [0.15, 0.2) is 0 Å². The average molecular weight is 517 g/mol. The molecule has 8 heteroatoms. The minimum atomic E-state index is -0.879. The molecule has 1 aliphatic rings. The van der Waals surface area contributed by atoms with E-state index in [1.807, 2.05) is 38.1 Å². The third kappa shape index (κ3) is 4.11. The van der Waals surface area contributed by atoms with Crippen LogP contribution >= 0.6 is 11.6 Å². The second-order valence-corrected chi connectivity index (χ2v) is 9.06. The van der Waals surface area contributed by atoms with E-state index in [2.05, 4.69) is 4.98 Å². The summed E-state index contributed by atoms with van der Waals surface area (Å²) in [5.74, 6) is -0.833.